The highest BCUT2D eigenvalue weighted by Crippen LogP contribution is 2.37. The van der Waals surface area contributed by atoms with E-state index in [1.54, 1.807) is 0 Å². The Balaban J connectivity index is 0.00000192. The van der Waals surface area contributed by atoms with E-state index in [2.05, 4.69) is 19.1 Å². The molecule has 1 amide bonds. The normalized spacial score (nSPS) is 30.8. The minimum Gasteiger partial charge on any atom is -0.364 e. The van der Waals surface area contributed by atoms with Crippen LogP contribution in [0.3, 0.4) is 0 Å². The zero-order chi connectivity index (χ0) is 15.5. The van der Waals surface area contributed by atoms with Crippen molar-refractivity contribution < 1.29 is 9.53 Å². The van der Waals surface area contributed by atoms with Gasteiger partial charge in [0.1, 0.15) is 6.10 Å². The fourth-order valence-corrected chi connectivity index (χ4v) is 4.57. The lowest BCUT2D eigenvalue weighted by atomic mass is 10.0. The van der Waals surface area contributed by atoms with Crippen LogP contribution in [0.2, 0.25) is 0 Å². The third-order valence-corrected chi connectivity index (χ3v) is 5.77. The Morgan fingerprint density at radius 2 is 2.09 bits per heavy atom. The molecule has 2 aliphatic rings. The van der Waals surface area contributed by atoms with Crippen LogP contribution in [0, 0.1) is 0 Å². The van der Waals surface area contributed by atoms with E-state index in [1.807, 2.05) is 34.9 Å². The lowest BCUT2D eigenvalue weighted by Crippen LogP contribution is -2.48. The summed E-state index contributed by atoms with van der Waals surface area (Å²) in [6.07, 6.45) is 1.41. The van der Waals surface area contributed by atoms with E-state index in [4.69, 9.17) is 10.5 Å². The SMILES string of the molecule is CC1SCCN(C(=O)[C@@H]2CC[C@H](CN)O2)C1c1ccccc1.Cl. The Hall–Kier alpha value is -0.750. The fourth-order valence-electron chi connectivity index (χ4n) is 3.41. The molecule has 1 aromatic rings. The lowest BCUT2D eigenvalue weighted by molar-refractivity contribution is -0.145. The van der Waals surface area contributed by atoms with Crippen LogP contribution in [-0.4, -0.2) is 47.1 Å². The summed E-state index contributed by atoms with van der Waals surface area (Å²) in [6, 6.07) is 10.5. The van der Waals surface area contributed by atoms with Gasteiger partial charge >= 0.3 is 0 Å². The Bertz CT molecular complexity index is 517. The number of carbonyl (C=O) groups excluding carboxylic acids is 1. The molecular formula is C17H25ClN2O2S. The van der Waals surface area contributed by atoms with Crippen molar-refractivity contribution in [1.82, 2.24) is 4.90 Å². The molecule has 2 N–H and O–H groups in total. The third-order valence-electron chi connectivity index (χ3n) is 4.56. The van der Waals surface area contributed by atoms with E-state index in [0.717, 1.165) is 25.1 Å². The molecule has 4 nitrogen and oxygen atoms in total. The number of nitrogens with two attached hydrogens (primary N) is 1. The molecule has 2 aliphatic heterocycles. The van der Waals surface area contributed by atoms with Gasteiger partial charge in [-0.15, -0.1) is 12.4 Å². The standard InChI is InChI=1S/C17H24N2O2S.ClH/c1-12-16(13-5-3-2-4-6-13)19(9-10-22-12)17(20)15-8-7-14(11-18)21-15;/h2-6,12,14-16H,7-11,18H2,1H3;1H/t12?,14-,15+,16?;/m1./s1. The molecule has 1 aromatic carbocycles. The number of nitrogens with zero attached hydrogens (tertiary/aromatic N) is 1. The summed E-state index contributed by atoms with van der Waals surface area (Å²) >= 11 is 1.94. The predicted octanol–water partition coefficient (Wildman–Crippen LogP) is 2.62. The average Bonchev–Trinajstić information content (AvgIpc) is 3.04. The molecule has 6 heteroatoms. The maximum absolute atomic E-state index is 12.9. The summed E-state index contributed by atoms with van der Waals surface area (Å²) in [5.41, 5.74) is 6.87. The Kier molecular flexibility index (Phi) is 6.77. The van der Waals surface area contributed by atoms with E-state index in [9.17, 15) is 4.79 Å². The van der Waals surface area contributed by atoms with Gasteiger partial charge in [-0.1, -0.05) is 37.3 Å². The summed E-state index contributed by atoms with van der Waals surface area (Å²) < 4.78 is 5.82. The summed E-state index contributed by atoms with van der Waals surface area (Å²) in [4.78, 5) is 15.0. The van der Waals surface area contributed by atoms with Crippen molar-refractivity contribution >= 4 is 30.1 Å². The summed E-state index contributed by atoms with van der Waals surface area (Å²) in [7, 11) is 0. The molecule has 0 saturated carbocycles. The monoisotopic (exact) mass is 356 g/mol. The summed E-state index contributed by atoms with van der Waals surface area (Å²) in [5, 5.41) is 0.395. The van der Waals surface area contributed by atoms with Crippen LogP contribution >= 0.6 is 24.2 Å². The second kappa shape index (κ2) is 8.38. The van der Waals surface area contributed by atoms with Gasteiger partial charge in [0.2, 0.25) is 0 Å². The number of hydrogen-bond donors (Lipinski definition) is 1. The maximum Gasteiger partial charge on any atom is 0.252 e. The van der Waals surface area contributed by atoms with E-state index in [1.165, 1.54) is 5.56 Å². The van der Waals surface area contributed by atoms with Gasteiger partial charge in [0.15, 0.2) is 0 Å². The number of rotatable bonds is 3. The van der Waals surface area contributed by atoms with Crippen molar-refractivity contribution in [1.29, 1.82) is 0 Å². The predicted molar refractivity (Wildman–Crippen MR) is 97.0 cm³/mol. The van der Waals surface area contributed by atoms with E-state index in [0.29, 0.717) is 11.8 Å². The fraction of sp³-hybridized carbons (Fsp3) is 0.588. The van der Waals surface area contributed by atoms with Gasteiger partial charge in [-0.3, -0.25) is 4.79 Å². The van der Waals surface area contributed by atoms with Crippen LogP contribution in [0.1, 0.15) is 31.4 Å². The highest BCUT2D eigenvalue weighted by molar-refractivity contribution is 8.00. The molecule has 23 heavy (non-hydrogen) atoms. The van der Waals surface area contributed by atoms with Crippen LogP contribution in [0.25, 0.3) is 0 Å². The summed E-state index contributed by atoms with van der Waals surface area (Å²) in [6.45, 7) is 3.50. The quantitative estimate of drug-likeness (QED) is 0.904. The maximum atomic E-state index is 12.9. The van der Waals surface area contributed by atoms with Gasteiger partial charge in [0, 0.05) is 24.1 Å². The number of thioether (sulfide) groups is 1. The van der Waals surface area contributed by atoms with Crippen molar-refractivity contribution in [3.05, 3.63) is 35.9 Å². The minimum atomic E-state index is -0.310. The second-order valence-corrected chi connectivity index (χ2v) is 7.51. The van der Waals surface area contributed by atoms with E-state index in [-0.39, 0.29) is 36.6 Å². The highest BCUT2D eigenvalue weighted by Gasteiger charge is 2.39. The average molecular weight is 357 g/mol. The molecular weight excluding hydrogens is 332 g/mol. The highest BCUT2D eigenvalue weighted by atomic mass is 35.5. The molecule has 2 unspecified atom stereocenters. The molecule has 128 valence electrons. The number of halogens is 1. The number of hydrogen-bond acceptors (Lipinski definition) is 4. The Labute approximate surface area is 148 Å². The third kappa shape index (κ3) is 4.02. The summed E-state index contributed by atoms with van der Waals surface area (Å²) in [5.74, 6) is 1.13. The van der Waals surface area contributed by atoms with Crippen molar-refractivity contribution in [2.75, 3.05) is 18.8 Å². The number of benzene rings is 1. The van der Waals surface area contributed by atoms with Crippen LogP contribution < -0.4 is 5.73 Å². The van der Waals surface area contributed by atoms with Crippen LogP contribution in [0.5, 0.6) is 0 Å². The van der Waals surface area contributed by atoms with Crippen LogP contribution in [-0.2, 0) is 9.53 Å². The van der Waals surface area contributed by atoms with Gasteiger partial charge in [0.25, 0.3) is 5.91 Å². The van der Waals surface area contributed by atoms with E-state index >= 15 is 0 Å². The van der Waals surface area contributed by atoms with Crippen molar-refractivity contribution in [3.8, 4) is 0 Å². The van der Waals surface area contributed by atoms with E-state index < -0.39 is 0 Å². The Morgan fingerprint density at radius 3 is 2.74 bits per heavy atom. The molecule has 0 spiro atoms. The first-order valence-electron chi connectivity index (χ1n) is 8.03. The zero-order valence-corrected chi connectivity index (χ0v) is 15.0. The zero-order valence-electron chi connectivity index (χ0n) is 13.4. The number of carbonyl (C=O) groups is 1. The van der Waals surface area contributed by atoms with Crippen molar-refractivity contribution in [2.45, 2.75) is 43.3 Å². The second-order valence-electron chi connectivity index (χ2n) is 6.02. The molecule has 3 rings (SSSR count). The van der Waals surface area contributed by atoms with Crippen molar-refractivity contribution in [3.63, 3.8) is 0 Å². The first-order chi connectivity index (χ1) is 10.7. The van der Waals surface area contributed by atoms with Crippen LogP contribution in [0.15, 0.2) is 30.3 Å². The molecule has 0 aromatic heterocycles. The number of ether oxygens (including phenoxy) is 1. The van der Waals surface area contributed by atoms with Gasteiger partial charge in [0.05, 0.1) is 12.1 Å². The molecule has 0 bridgehead atoms. The lowest BCUT2D eigenvalue weighted by Gasteiger charge is -2.41. The minimum absolute atomic E-state index is 0. The van der Waals surface area contributed by atoms with Gasteiger partial charge in [-0.2, -0.15) is 11.8 Å². The molecule has 2 saturated heterocycles. The molecule has 0 radical (unpaired) electrons. The van der Waals surface area contributed by atoms with Gasteiger partial charge in [-0.05, 0) is 18.4 Å². The molecule has 4 atom stereocenters. The molecule has 2 fully saturated rings. The van der Waals surface area contributed by atoms with Crippen LogP contribution in [0.4, 0.5) is 0 Å². The first-order valence-corrected chi connectivity index (χ1v) is 9.08. The molecule has 2 heterocycles. The smallest absolute Gasteiger partial charge is 0.252 e. The topological polar surface area (TPSA) is 55.6 Å². The van der Waals surface area contributed by atoms with Crippen molar-refractivity contribution in [2.24, 2.45) is 5.73 Å². The first kappa shape index (κ1) is 18.6. The largest absolute Gasteiger partial charge is 0.364 e. The van der Waals surface area contributed by atoms with Gasteiger partial charge in [-0.25, -0.2) is 0 Å². The Morgan fingerprint density at radius 1 is 1.35 bits per heavy atom. The molecule has 0 aliphatic carbocycles. The number of amides is 1. The van der Waals surface area contributed by atoms with Gasteiger partial charge < -0.3 is 15.4 Å².